The average Bonchev–Trinajstić information content (AvgIpc) is 2.39. The molecule has 2 rings (SSSR count). The van der Waals surface area contributed by atoms with Crippen LogP contribution < -0.4 is 5.32 Å². The topological polar surface area (TPSA) is 47.6 Å². The van der Waals surface area contributed by atoms with E-state index >= 15 is 0 Å². The minimum atomic E-state index is -0.910. The van der Waals surface area contributed by atoms with Crippen LogP contribution in [-0.4, -0.2) is 32.8 Å². The van der Waals surface area contributed by atoms with E-state index in [1.165, 1.54) is 7.11 Å². The molecule has 1 aromatic rings. The second-order valence-electron chi connectivity index (χ2n) is 3.86. The molecular formula is C12H14BrNO3. The number of hydrogen-bond acceptors (Lipinski definition) is 4. The van der Waals surface area contributed by atoms with Gasteiger partial charge < -0.3 is 9.47 Å². The van der Waals surface area contributed by atoms with Crippen LogP contribution in [0.25, 0.3) is 0 Å². The molecule has 92 valence electrons. The fraction of sp³-hybridized carbons (Fsp3) is 0.417. The Hall–Kier alpha value is -0.910. The molecule has 0 spiro atoms. The fourth-order valence-electron chi connectivity index (χ4n) is 2.01. The molecule has 1 heterocycles. The highest BCUT2D eigenvalue weighted by Gasteiger charge is 2.44. The van der Waals surface area contributed by atoms with Gasteiger partial charge in [-0.15, -0.1) is 0 Å². The lowest BCUT2D eigenvalue weighted by molar-refractivity contribution is -0.154. The van der Waals surface area contributed by atoms with E-state index in [1.54, 1.807) is 0 Å². The van der Waals surface area contributed by atoms with E-state index in [2.05, 4.69) is 21.2 Å². The number of nitrogens with one attached hydrogen (secondary N) is 1. The Labute approximate surface area is 108 Å². The van der Waals surface area contributed by atoms with Crippen molar-refractivity contribution in [3.05, 3.63) is 34.3 Å². The molecule has 4 nitrogen and oxygen atoms in total. The lowest BCUT2D eigenvalue weighted by Crippen LogP contribution is -2.57. The second-order valence-corrected chi connectivity index (χ2v) is 4.71. The number of benzene rings is 1. The maximum Gasteiger partial charge on any atom is 0.333 e. The summed E-state index contributed by atoms with van der Waals surface area (Å²) in [5, 5.41) is 3.21. The van der Waals surface area contributed by atoms with Gasteiger partial charge in [0.05, 0.1) is 20.3 Å². The van der Waals surface area contributed by atoms with Crippen LogP contribution in [0.5, 0.6) is 0 Å². The number of carbonyl (C=O) groups is 1. The summed E-state index contributed by atoms with van der Waals surface area (Å²) in [6.07, 6.45) is 0. The minimum absolute atomic E-state index is 0.280. The van der Waals surface area contributed by atoms with Gasteiger partial charge in [-0.3, -0.25) is 5.32 Å². The van der Waals surface area contributed by atoms with Crippen LogP contribution >= 0.6 is 15.9 Å². The smallest absolute Gasteiger partial charge is 0.333 e. The molecule has 17 heavy (non-hydrogen) atoms. The lowest BCUT2D eigenvalue weighted by atomic mass is 9.89. The monoisotopic (exact) mass is 299 g/mol. The van der Waals surface area contributed by atoms with Gasteiger partial charge in [0.25, 0.3) is 0 Å². The molecule has 0 amide bonds. The van der Waals surface area contributed by atoms with Crippen molar-refractivity contribution in [1.29, 1.82) is 0 Å². The first-order valence-electron chi connectivity index (χ1n) is 5.37. The summed E-state index contributed by atoms with van der Waals surface area (Å²) in [6.45, 7) is 1.50. The number of rotatable bonds is 2. The van der Waals surface area contributed by atoms with Crippen LogP contribution in [0.3, 0.4) is 0 Å². The number of halogens is 1. The summed E-state index contributed by atoms with van der Waals surface area (Å²) >= 11 is 3.46. The average molecular weight is 300 g/mol. The Kier molecular flexibility index (Phi) is 3.81. The minimum Gasteiger partial charge on any atom is -0.467 e. The first-order chi connectivity index (χ1) is 8.20. The van der Waals surface area contributed by atoms with E-state index in [0.717, 1.165) is 10.0 Å². The van der Waals surface area contributed by atoms with Crippen molar-refractivity contribution in [3.63, 3.8) is 0 Å². The summed E-state index contributed by atoms with van der Waals surface area (Å²) in [5.74, 6) is -0.330. The summed E-state index contributed by atoms with van der Waals surface area (Å²) in [5.41, 5.74) is -0.0702. The molecule has 1 aromatic carbocycles. The van der Waals surface area contributed by atoms with Gasteiger partial charge in [-0.2, -0.15) is 0 Å². The zero-order valence-corrected chi connectivity index (χ0v) is 11.1. The van der Waals surface area contributed by atoms with Crippen molar-refractivity contribution < 1.29 is 14.3 Å². The van der Waals surface area contributed by atoms with Crippen LogP contribution in [0.1, 0.15) is 5.56 Å². The maximum atomic E-state index is 12.1. The highest BCUT2D eigenvalue weighted by molar-refractivity contribution is 9.10. The maximum absolute atomic E-state index is 12.1. The molecule has 1 atom stereocenters. The van der Waals surface area contributed by atoms with Gasteiger partial charge in [-0.25, -0.2) is 4.79 Å². The van der Waals surface area contributed by atoms with Gasteiger partial charge in [0.2, 0.25) is 0 Å². The van der Waals surface area contributed by atoms with Crippen LogP contribution in [0.4, 0.5) is 0 Å². The van der Waals surface area contributed by atoms with Crippen LogP contribution in [0, 0.1) is 0 Å². The molecule has 0 saturated carbocycles. The number of methoxy groups -OCH3 is 1. The number of morpholine rings is 1. The lowest BCUT2D eigenvalue weighted by Gasteiger charge is -2.36. The molecular weight excluding hydrogens is 286 g/mol. The van der Waals surface area contributed by atoms with Gasteiger partial charge in [0, 0.05) is 11.0 Å². The normalized spacial score (nSPS) is 24.4. The van der Waals surface area contributed by atoms with Crippen molar-refractivity contribution in [1.82, 2.24) is 5.32 Å². The van der Waals surface area contributed by atoms with E-state index < -0.39 is 5.54 Å². The number of hydrogen-bond donors (Lipinski definition) is 1. The predicted molar refractivity (Wildman–Crippen MR) is 66.7 cm³/mol. The zero-order valence-electron chi connectivity index (χ0n) is 9.53. The first kappa shape index (κ1) is 12.5. The van der Waals surface area contributed by atoms with E-state index in [-0.39, 0.29) is 12.6 Å². The molecule has 0 aliphatic carbocycles. The summed E-state index contributed by atoms with van der Waals surface area (Å²) < 4.78 is 11.2. The molecule has 1 saturated heterocycles. The van der Waals surface area contributed by atoms with Gasteiger partial charge in [-0.05, 0) is 11.6 Å². The van der Waals surface area contributed by atoms with E-state index in [9.17, 15) is 4.79 Å². The van der Waals surface area contributed by atoms with Crippen molar-refractivity contribution >= 4 is 21.9 Å². The quantitative estimate of drug-likeness (QED) is 0.840. The van der Waals surface area contributed by atoms with Gasteiger partial charge in [0.15, 0.2) is 5.54 Å². The van der Waals surface area contributed by atoms with E-state index in [0.29, 0.717) is 13.2 Å². The largest absolute Gasteiger partial charge is 0.467 e. The Morgan fingerprint density at radius 3 is 2.88 bits per heavy atom. The van der Waals surface area contributed by atoms with E-state index in [4.69, 9.17) is 9.47 Å². The fourth-order valence-corrected chi connectivity index (χ4v) is 2.63. The Balaban J connectivity index is 2.46. The molecule has 5 heteroatoms. The van der Waals surface area contributed by atoms with Crippen LogP contribution in [-0.2, 0) is 19.8 Å². The highest BCUT2D eigenvalue weighted by atomic mass is 79.9. The van der Waals surface area contributed by atoms with Crippen LogP contribution in [0.15, 0.2) is 28.7 Å². The number of ether oxygens (including phenoxy) is 2. The molecule has 1 fully saturated rings. The summed E-state index contributed by atoms with van der Waals surface area (Å²) in [6, 6.07) is 7.59. The highest BCUT2D eigenvalue weighted by Crippen LogP contribution is 2.31. The predicted octanol–water partition coefficient (Wildman–Crippen LogP) is 1.44. The number of carbonyl (C=O) groups excluding carboxylic acids is 1. The molecule has 1 N–H and O–H groups in total. The third kappa shape index (κ3) is 2.22. The number of esters is 1. The molecule has 0 radical (unpaired) electrons. The molecule has 1 aliphatic heterocycles. The second kappa shape index (κ2) is 5.16. The Morgan fingerprint density at radius 2 is 2.29 bits per heavy atom. The SMILES string of the molecule is COC(=O)C1(c2ccccc2Br)COCCN1. The zero-order chi connectivity index (χ0) is 12.3. The molecule has 0 aromatic heterocycles. The van der Waals surface area contributed by atoms with Gasteiger partial charge in [0.1, 0.15) is 0 Å². The van der Waals surface area contributed by atoms with Crippen molar-refractivity contribution in [3.8, 4) is 0 Å². The summed E-state index contributed by atoms with van der Waals surface area (Å²) in [4.78, 5) is 12.1. The first-order valence-corrected chi connectivity index (χ1v) is 6.16. The van der Waals surface area contributed by atoms with Crippen molar-refractivity contribution in [2.45, 2.75) is 5.54 Å². The van der Waals surface area contributed by atoms with Gasteiger partial charge in [-0.1, -0.05) is 34.1 Å². The van der Waals surface area contributed by atoms with Gasteiger partial charge >= 0.3 is 5.97 Å². The standard InChI is InChI=1S/C12H14BrNO3/c1-16-11(15)12(8-17-7-6-14-12)9-4-2-3-5-10(9)13/h2-5,14H,6-8H2,1H3. The van der Waals surface area contributed by atoms with Crippen molar-refractivity contribution in [2.24, 2.45) is 0 Å². The molecule has 1 unspecified atom stereocenters. The Morgan fingerprint density at radius 1 is 1.53 bits per heavy atom. The van der Waals surface area contributed by atoms with Crippen LogP contribution in [0.2, 0.25) is 0 Å². The van der Waals surface area contributed by atoms with E-state index in [1.807, 2.05) is 24.3 Å². The third-order valence-corrected chi connectivity index (χ3v) is 3.55. The van der Waals surface area contributed by atoms with Crippen molar-refractivity contribution in [2.75, 3.05) is 26.9 Å². The Bertz CT molecular complexity index is 416. The third-order valence-electron chi connectivity index (χ3n) is 2.86. The molecule has 1 aliphatic rings. The summed E-state index contributed by atoms with van der Waals surface area (Å²) in [7, 11) is 1.39. The molecule has 0 bridgehead atoms.